The first kappa shape index (κ1) is 11.4. The number of hydrogen-bond donors (Lipinski definition) is 2. The van der Waals surface area contributed by atoms with Gasteiger partial charge in [-0.2, -0.15) is 0 Å². The molecule has 1 fully saturated rings. The molecule has 0 amide bonds. The van der Waals surface area contributed by atoms with Gasteiger partial charge in [-0.15, -0.1) is 0 Å². The summed E-state index contributed by atoms with van der Waals surface area (Å²) in [7, 11) is -3.25. The molecule has 1 aliphatic rings. The van der Waals surface area contributed by atoms with Crippen molar-refractivity contribution in [2.45, 2.75) is 18.1 Å². The second-order valence-electron chi connectivity index (χ2n) is 3.98. The van der Waals surface area contributed by atoms with Crippen LogP contribution in [0.2, 0.25) is 0 Å². The number of benzene rings is 1. The van der Waals surface area contributed by atoms with Crippen LogP contribution in [-0.4, -0.2) is 26.8 Å². The number of nitrogens with one attached hydrogen (secondary N) is 2. The molecule has 2 N–H and O–H groups in total. The van der Waals surface area contributed by atoms with Crippen molar-refractivity contribution in [1.29, 1.82) is 0 Å². The number of rotatable bonds is 3. The molecule has 1 unspecified atom stereocenters. The average molecular weight is 240 g/mol. The maximum Gasteiger partial charge on any atom is 0.236 e. The predicted octanol–water partition coefficient (Wildman–Crippen LogP) is 1.18. The molecule has 2 rings (SSSR count). The fraction of sp³-hybridized carbons (Fsp3) is 0.455. The molecule has 16 heavy (non-hydrogen) atoms. The third kappa shape index (κ3) is 2.74. The Labute approximate surface area is 96.1 Å². The summed E-state index contributed by atoms with van der Waals surface area (Å²) in [6, 6.07) is 9.01. The molecule has 0 radical (unpaired) electrons. The van der Waals surface area contributed by atoms with Crippen molar-refractivity contribution < 1.29 is 8.42 Å². The number of hydrogen-bond acceptors (Lipinski definition) is 3. The highest BCUT2D eigenvalue weighted by atomic mass is 32.2. The van der Waals surface area contributed by atoms with Gasteiger partial charge in [0.15, 0.2) is 0 Å². The summed E-state index contributed by atoms with van der Waals surface area (Å²) in [4.78, 5) is 0. The van der Waals surface area contributed by atoms with Crippen molar-refractivity contribution in [1.82, 2.24) is 5.32 Å². The minimum absolute atomic E-state index is 0.318. The van der Waals surface area contributed by atoms with Crippen molar-refractivity contribution >= 4 is 15.7 Å². The molecule has 0 saturated carbocycles. The fourth-order valence-corrected chi connectivity index (χ4v) is 3.28. The van der Waals surface area contributed by atoms with Crippen molar-refractivity contribution in [3.8, 4) is 0 Å². The van der Waals surface area contributed by atoms with Crippen molar-refractivity contribution in [3.05, 3.63) is 30.3 Å². The van der Waals surface area contributed by atoms with Gasteiger partial charge in [0.05, 0.1) is 5.25 Å². The summed E-state index contributed by atoms with van der Waals surface area (Å²) in [5.74, 6) is 0. The van der Waals surface area contributed by atoms with Crippen LogP contribution in [0.15, 0.2) is 30.3 Å². The first-order valence-electron chi connectivity index (χ1n) is 5.46. The second kappa shape index (κ2) is 4.84. The lowest BCUT2D eigenvalue weighted by Crippen LogP contribution is -2.41. The average Bonchev–Trinajstić information content (AvgIpc) is 2.31. The van der Waals surface area contributed by atoms with Crippen LogP contribution in [0.5, 0.6) is 0 Å². The van der Waals surface area contributed by atoms with E-state index in [4.69, 9.17) is 0 Å². The van der Waals surface area contributed by atoms with Gasteiger partial charge >= 0.3 is 0 Å². The largest absolute Gasteiger partial charge is 0.315 e. The van der Waals surface area contributed by atoms with E-state index in [1.807, 2.05) is 18.2 Å². The first-order valence-corrected chi connectivity index (χ1v) is 7.00. The standard InChI is InChI=1S/C11H16N2O2S/c14-16(15,11-7-4-8-12-9-11)13-10-5-2-1-3-6-10/h1-3,5-6,11-13H,4,7-9H2. The highest BCUT2D eigenvalue weighted by molar-refractivity contribution is 7.93. The van der Waals surface area contributed by atoms with E-state index in [9.17, 15) is 8.42 Å². The topological polar surface area (TPSA) is 58.2 Å². The predicted molar refractivity (Wildman–Crippen MR) is 64.9 cm³/mol. The number of piperidine rings is 1. The molecule has 1 aromatic carbocycles. The van der Waals surface area contributed by atoms with Gasteiger partial charge in [0, 0.05) is 12.2 Å². The Hall–Kier alpha value is -1.07. The van der Waals surface area contributed by atoms with Crippen LogP contribution in [0.1, 0.15) is 12.8 Å². The Bertz CT molecular complexity index is 425. The van der Waals surface area contributed by atoms with Crippen molar-refractivity contribution in [3.63, 3.8) is 0 Å². The van der Waals surface area contributed by atoms with Gasteiger partial charge in [0.2, 0.25) is 10.0 Å². The minimum atomic E-state index is -3.25. The first-order chi connectivity index (χ1) is 7.68. The van der Waals surface area contributed by atoms with Gasteiger partial charge in [-0.3, -0.25) is 4.72 Å². The lowest BCUT2D eigenvalue weighted by Gasteiger charge is -2.23. The Morgan fingerprint density at radius 3 is 2.62 bits per heavy atom. The molecule has 1 atom stereocenters. The molecule has 0 aromatic heterocycles. The second-order valence-corrected chi connectivity index (χ2v) is 5.94. The molecule has 5 heteroatoms. The Kier molecular flexibility index (Phi) is 3.46. The summed E-state index contributed by atoms with van der Waals surface area (Å²) < 4.78 is 26.6. The molecular formula is C11H16N2O2S. The quantitative estimate of drug-likeness (QED) is 0.834. The van der Waals surface area contributed by atoms with E-state index in [0.717, 1.165) is 19.4 Å². The zero-order chi connectivity index (χ0) is 11.4. The Balaban J connectivity index is 2.08. The highest BCUT2D eigenvalue weighted by Crippen LogP contribution is 2.15. The van der Waals surface area contributed by atoms with Crippen molar-refractivity contribution in [2.24, 2.45) is 0 Å². The van der Waals surface area contributed by atoms with E-state index in [0.29, 0.717) is 12.2 Å². The SMILES string of the molecule is O=S(=O)(Nc1ccccc1)C1CCCNC1. The van der Waals surface area contributed by atoms with Gasteiger partial charge in [-0.25, -0.2) is 8.42 Å². The molecule has 88 valence electrons. The third-order valence-electron chi connectivity index (χ3n) is 2.72. The molecule has 1 aromatic rings. The lowest BCUT2D eigenvalue weighted by molar-refractivity contribution is 0.499. The third-order valence-corrected chi connectivity index (χ3v) is 4.52. The monoisotopic (exact) mass is 240 g/mol. The van der Waals surface area contributed by atoms with E-state index < -0.39 is 10.0 Å². The molecular weight excluding hydrogens is 224 g/mol. The molecule has 4 nitrogen and oxygen atoms in total. The van der Waals surface area contributed by atoms with Crippen LogP contribution in [0.25, 0.3) is 0 Å². The summed E-state index contributed by atoms with van der Waals surface area (Å²) in [5.41, 5.74) is 0.632. The molecule has 0 bridgehead atoms. The zero-order valence-corrected chi connectivity index (χ0v) is 9.83. The zero-order valence-electron chi connectivity index (χ0n) is 9.02. The van der Waals surface area contributed by atoms with E-state index in [1.165, 1.54) is 0 Å². The number of para-hydroxylation sites is 1. The van der Waals surface area contributed by atoms with E-state index in [1.54, 1.807) is 12.1 Å². The highest BCUT2D eigenvalue weighted by Gasteiger charge is 2.26. The van der Waals surface area contributed by atoms with Gasteiger partial charge < -0.3 is 5.32 Å². The van der Waals surface area contributed by atoms with E-state index in [-0.39, 0.29) is 5.25 Å². The maximum absolute atomic E-state index is 12.0. The Morgan fingerprint density at radius 2 is 2.00 bits per heavy atom. The van der Waals surface area contributed by atoms with Crippen LogP contribution in [0.3, 0.4) is 0 Å². The van der Waals surface area contributed by atoms with Gasteiger partial charge in [-0.1, -0.05) is 18.2 Å². The summed E-state index contributed by atoms with van der Waals surface area (Å²) in [6.07, 6.45) is 1.65. The summed E-state index contributed by atoms with van der Waals surface area (Å²) in [5, 5.41) is 2.79. The fourth-order valence-electron chi connectivity index (χ4n) is 1.84. The van der Waals surface area contributed by atoms with Crippen LogP contribution in [0.4, 0.5) is 5.69 Å². The summed E-state index contributed by atoms with van der Waals surface area (Å²) >= 11 is 0. The van der Waals surface area contributed by atoms with Crippen LogP contribution >= 0.6 is 0 Å². The normalized spacial score (nSPS) is 21.6. The Morgan fingerprint density at radius 1 is 1.25 bits per heavy atom. The number of anilines is 1. The van der Waals surface area contributed by atoms with Crippen LogP contribution in [0, 0.1) is 0 Å². The number of sulfonamides is 1. The summed E-state index contributed by atoms with van der Waals surface area (Å²) in [6.45, 7) is 1.46. The molecule has 0 spiro atoms. The maximum atomic E-state index is 12.0. The molecule has 1 aliphatic heterocycles. The molecule has 0 aliphatic carbocycles. The van der Waals surface area contributed by atoms with Gasteiger partial charge in [-0.05, 0) is 31.5 Å². The van der Waals surface area contributed by atoms with Crippen LogP contribution < -0.4 is 10.0 Å². The lowest BCUT2D eigenvalue weighted by atomic mass is 10.2. The minimum Gasteiger partial charge on any atom is -0.315 e. The molecule has 1 heterocycles. The molecule has 1 saturated heterocycles. The smallest absolute Gasteiger partial charge is 0.236 e. The van der Waals surface area contributed by atoms with E-state index >= 15 is 0 Å². The van der Waals surface area contributed by atoms with Crippen molar-refractivity contribution in [2.75, 3.05) is 17.8 Å². The van der Waals surface area contributed by atoms with E-state index in [2.05, 4.69) is 10.0 Å². The van der Waals surface area contributed by atoms with Gasteiger partial charge in [0.1, 0.15) is 0 Å². The van der Waals surface area contributed by atoms with Gasteiger partial charge in [0.25, 0.3) is 0 Å². The van der Waals surface area contributed by atoms with Crippen LogP contribution in [-0.2, 0) is 10.0 Å².